The minimum atomic E-state index is -0.179. The van der Waals surface area contributed by atoms with Crippen LogP contribution in [0.1, 0.15) is 35.9 Å². The Morgan fingerprint density at radius 3 is 2.85 bits per heavy atom. The summed E-state index contributed by atoms with van der Waals surface area (Å²) in [6.45, 7) is 10.1. The number of carbonyl (C=O) groups excluding carboxylic acids is 1. The van der Waals surface area contributed by atoms with Crippen molar-refractivity contribution in [1.82, 2.24) is 15.3 Å². The molecule has 2 rings (SSSR count). The lowest BCUT2D eigenvalue weighted by Gasteiger charge is -2.30. The number of carbonyl (C=O) groups is 1. The van der Waals surface area contributed by atoms with E-state index in [0.29, 0.717) is 18.2 Å². The predicted octanol–water partition coefficient (Wildman–Crippen LogP) is 1.94. The van der Waals surface area contributed by atoms with Crippen molar-refractivity contribution in [1.29, 1.82) is 0 Å². The van der Waals surface area contributed by atoms with Crippen LogP contribution in [0.25, 0.3) is 0 Å². The van der Waals surface area contributed by atoms with E-state index in [1.807, 2.05) is 6.92 Å². The van der Waals surface area contributed by atoms with Gasteiger partial charge in [-0.15, -0.1) is 6.58 Å². The molecule has 1 aromatic rings. The Morgan fingerprint density at radius 2 is 2.20 bits per heavy atom. The van der Waals surface area contributed by atoms with E-state index in [-0.39, 0.29) is 5.91 Å². The first-order valence-corrected chi connectivity index (χ1v) is 7.10. The molecule has 0 saturated carbocycles. The molecule has 5 heteroatoms. The van der Waals surface area contributed by atoms with Crippen molar-refractivity contribution < 1.29 is 4.79 Å². The van der Waals surface area contributed by atoms with Gasteiger partial charge >= 0.3 is 0 Å². The molecule has 108 valence electrons. The molecular weight excluding hydrogens is 252 g/mol. The number of hydrogen-bond donors (Lipinski definition) is 1. The highest BCUT2D eigenvalue weighted by molar-refractivity contribution is 5.92. The third kappa shape index (κ3) is 3.56. The van der Waals surface area contributed by atoms with Gasteiger partial charge in [-0.3, -0.25) is 4.79 Å². The fraction of sp³-hybridized carbons (Fsp3) is 0.533. The quantitative estimate of drug-likeness (QED) is 0.852. The van der Waals surface area contributed by atoms with Gasteiger partial charge in [0.1, 0.15) is 5.69 Å². The smallest absolute Gasteiger partial charge is 0.270 e. The normalized spacial score (nSPS) is 16.0. The second-order valence-electron chi connectivity index (χ2n) is 5.36. The lowest BCUT2D eigenvalue weighted by atomic mass is 10.00. The second kappa shape index (κ2) is 6.50. The van der Waals surface area contributed by atoms with E-state index in [9.17, 15) is 4.79 Å². The molecule has 0 aromatic carbocycles. The summed E-state index contributed by atoms with van der Waals surface area (Å²) < 4.78 is 0. The van der Waals surface area contributed by atoms with Crippen molar-refractivity contribution in [2.75, 3.05) is 24.5 Å². The van der Waals surface area contributed by atoms with Crippen molar-refractivity contribution in [3.05, 3.63) is 30.1 Å². The Morgan fingerprint density at radius 1 is 1.50 bits per heavy atom. The zero-order chi connectivity index (χ0) is 14.5. The van der Waals surface area contributed by atoms with E-state index in [1.54, 1.807) is 12.1 Å². The van der Waals surface area contributed by atoms with Crippen LogP contribution < -0.4 is 10.2 Å². The number of aryl methyl sites for hydroxylation is 1. The van der Waals surface area contributed by atoms with Crippen LogP contribution in [0, 0.1) is 12.8 Å². The van der Waals surface area contributed by atoms with Crippen molar-refractivity contribution in [3.8, 4) is 0 Å². The molecule has 5 nitrogen and oxygen atoms in total. The Labute approximate surface area is 120 Å². The minimum Gasteiger partial charge on any atom is -0.347 e. The van der Waals surface area contributed by atoms with Gasteiger partial charge in [0.15, 0.2) is 0 Å². The molecular formula is C15H22N4O. The Kier molecular flexibility index (Phi) is 4.71. The van der Waals surface area contributed by atoms with Crippen molar-refractivity contribution in [2.24, 2.45) is 5.92 Å². The number of rotatable bonds is 4. The van der Waals surface area contributed by atoms with Crippen LogP contribution in [-0.2, 0) is 0 Å². The highest BCUT2D eigenvalue weighted by atomic mass is 16.1. The van der Waals surface area contributed by atoms with Gasteiger partial charge in [0, 0.05) is 25.3 Å². The van der Waals surface area contributed by atoms with Gasteiger partial charge in [-0.2, -0.15) is 0 Å². The van der Waals surface area contributed by atoms with Crippen LogP contribution in [0.2, 0.25) is 0 Å². The summed E-state index contributed by atoms with van der Waals surface area (Å²) in [6, 6.07) is 1.72. The molecule has 2 heterocycles. The van der Waals surface area contributed by atoms with Crippen LogP contribution >= 0.6 is 0 Å². The molecule has 0 radical (unpaired) electrons. The average molecular weight is 274 g/mol. The molecule has 0 aliphatic carbocycles. The van der Waals surface area contributed by atoms with Crippen LogP contribution in [0.15, 0.2) is 18.7 Å². The zero-order valence-electron chi connectivity index (χ0n) is 12.2. The summed E-state index contributed by atoms with van der Waals surface area (Å²) in [5, 5.41) is 2.75. The molecule has 1 N–H and O–H groups in total. The maximum Gasteiger partial charge on any atom is 0.270 e. The summed E-state index contributed by atoms with van der Waals surface area (Å²) in [7, 11) is 0. The van der Waals surface area contributed by atoms with Gasteiger partial charge in [0.2, 0.25) is 5.95 Å². The maximum atomic E-state index is 12.0. The van der Waals surface area contributed by atoms with Crippen molar-refractivity contribution in [3.63, 3.8) is 0 Å². The Hall–Kier alpha value is -1.91. The highest BCUT2D eigenvalue weighted by Crippen LogP contribution is 2.20. The predicted molar refractivity (Wildman–Crippen MR) is 79.9 cm³/mol. The first kappa shape index (κ1) is 14.5. The molecule has 0 spiro atoms. The summed E-state index contributed by atoms with van der Waals surface area (Å²) in [4.78, 5) is 23.0. The average Bonchev–Trinajstić information content (AvgIpc) is 2.44. The molecule has 1 saturated heterocycles. The number of amides is 1. The number of aromatic nitrogens is 2. The third-order valence-corrected chi connectivity index (χ3v) is 3.55. The third-order valence-electron chi connectivity index (χ3n) is 3.55. The van der Waals surface area contributed by atoms with E-state index < -0.39 is 0 Å². The van der Waals surface area contributed by atoms with Gasteiger partial charge in [-0.05, 0) is 31.7 Å². The SMILES string of the molecule is C=CCNC(=O)c1cc(C)nc(N2CCC(C)CC2)n1. The molecule has 1 fully saturated rings. The van der Waals surface area contributed by atoms with Gasteiger partial charge in [-0.25, -0.2) is 9.97 Å². The topological polar surface area (TPSA) is 58.1 Å². The van der Waals surface area contributed by atoms with E-state index in [4.69, 9.17) is 0 Å². The summed E-state index contributed by atoms with van der Waals surface area (Å²) in [5.41, 5.74) is 1.24. The van der Waals surface area contributed by atoms with Gasteiger partial charge in [0.05, 0.1) is 0 Å². The largest absolute Gasteiger partial charge is 0.347 e. The van der Waals surface area contributed by atoms with Crippen LogP contribution in [0.3, 0.4) is 0 Å². The van der Waals surface area contributed by atoms with Gasteiger partial charge in [0.25, 0.3) is 5.91 Å². The molecule has 0 bridgehead atoms. The first-order valence-electron chi connectivity index (χ1n) is 7.10. The number of piperidine rings is 1. The Balaban J connectivity index is 2.15. The number of hydrogen-bond acceptors (Lipinski definition) is 4. The Bertz CT molecular complexity index is 493. The van der Waals surface area contributed by atoms with E-state index in [1.165, 1.54) is 0 Å². The summed E-state index contributed by atoms with van der Waals surface area (Å²) in [5.74, 6) is 1.24. The van der Waals surface area contributed by atoms with E-state index in [0.717, 1.165) is 37.5 Å². The van der Waals surface area contributed by atoms with E-state index in [2.05, 4.69) is 33.7 Å². The van der Waals surface area contributed by atoms with Gasteiger partial charge < -0.3 is 10.2 Å². The van der Waals surface area contributed by atoms with Gasteiger partial charge in [-0.1, -0.05) is 13.0 Å². The summed E-state index contributed by atoms with van der Waals surface area (Å²) in [6.07, 6.45) is 3.95. The standard InChI is InChI=1S/C15H22N4O/c1-4-7-16-14(20)13-10-12(3)17-15(18-13)19-8-5-11(2)6-9-19/h4,10-11H,1,5-9H2,2-3H3,(H,16,20). The number of anilines is 1. The monoisotopic (exact) mass is 274 g/mol. The number of nitrogens with one attached hydrogen (secondary N) is 1. The molecule has 1 amide bonds. The molecule has 1 aliphatic rings. The number of nitrogens with zero attached hydrogens (tertiary/aromatic N) is 3. The van der Waals surface area contributed by atoms with Crippen LogP contribution in [0.5, 0.6) is 0 Å². The zero-order valence-corrected chi connectivity index (χ0v) is 12.2. The van der Waals surface area contributed by atoms with Crippen LogP contribution in [0.4, 0.5) is 5.95 Å². The maximum absolute atomic E-state index is 12.0. The summed E-state index contributed by atoms with van der Waals surface area (Å²) >= 11 is 0. The van der Waals surface area contributed by atoms with Crippen molar-refractivity contribution in [2.45, 2.75) is 26.7 Å². The lowest BCUT2D eigenvalue weighted by molar-refractivity contribution is 0.0953. The van der Waals surface area contributed by atoms with E-state index >= 15 is 0 Å². The van der Waals surface area contributed by atoms with Crippen molar-refractivity contribution >= 4 is 11.9 Å². The minimum absolute atomic E-state index is 0.179. The molecule has 0 unspecified atom stereocenters. The molecule has 1 aromatic heterocycles. The lowest BCUT2D eigenvalue weighted by Crippen LogP contribution is -2.35. The van der Waals surface area contributed by atoms with Crippen LogP contribution in [-0.4, -0.2) is 35.5 Å². The fourth-order valence-corrected chi connectivity index (χ4v) is 2.27. The molecule has 1 aliphatic heterocycles. The molecule has 0 atom stereocenters. The second-order valence-corrected chi connectivity index (χ2v) is 5.36. The highest BCUT2D eigenvalue weighted by Gasteiger charge is 2.19. The first-order chi connectivity index (χ1) is 9.60. The fourth-order valence-electron chi connectivity index (χ4n) is 2.27. The molecule has 20 heavy (non-hydrogen) atoms.